The molecule has 27 heavy (non-hydrogen) atoms. The van der Waals surface area contributed by atoms with Gasteiger partial charge < -0.3 is 20.1 Å². The van der Waals surface area contributed by atoms with Crippen molar-refractivity contribution in [3.05, 3.63) is 24.3 Å². The summed E-state index contributed by atoms with van der Waals surface area (Å²) in [7, 11) is 1.55. The van der Waals surface area contributed by atoms with Crippen molar-refractivity contribution >= 4 is 23.5 Å². The molecule has 1 atom stereocenters. The topological polar surface area (TPSA) is 97.0 Å². The smallest absolute Gasteiger partial charge is 0.307 e. The number of rotatable bonds is 9. The van der Waals surface area contributed by atoms with Gasteiger partial charge in [0.15, 0.2) is 0 Å². The van der Waals surface area contributed by atoms with Gasteiger partial charge in [0.25, 0.3) is 0 Å². The summed E-state index contributed by atoms with van der Waals surface area (Å²) in [5.74, 6) is -0.313. The first-order chi connectivity index (χ1) is 13.0. The summed E-state index contributed by atoms with van der Waals surface area (Å²) in [6.07, 6.45) is 1.64. The van der Waals surface area contributed by atoms with Crippen LogP contribution in [0, 0.1) is 0 Å². The molecule has 0 spiro atoms. The number of carbonyl (C=O) groups excluding carboxylic acids is 3. The van der Waals surface area contributed by atoms with Crippen LogP contribution in [0.15, 0.2) is 24.3 Å². The number of unbranched alkanes of at least 4 members (excludes halogenated alkanes) is 1. The van der Waals surface area contributed by atoms with Crippen LogP contribution in [0.4, 0.5) is 5.69 Å². The van der Waals surface area contributed by atoms with Crippen LogP contribution in [0.3, 0.4) is 0 Å². The van der Waals surface area contributed by atoms with Gasteiger partial charge in [-0.05, 0) is 18.6 Å². The molecule has 0 aromatic heterocycles. The molecule has 2 amide bonds. The Bertz CT molecular complexity index is 665. The Hall–Kier alpha value is -2.61. The maximum absolute atomic E-state index is 12.4. The van der Waals surface area contributed by atoms with Crippen LogP contribution in [-0.4, -0.2) is 62.1 Å². The highest BCUT2D eigenvalue weighted by atomic mass is 16.5. The zero-order chi connectivity index (χ0) is 19.6. The fourth-order valence-corrected chi connectivity index (χ4v) is 2.81. The van der Waals surface area contributed by atoms with Gasteiger partial charge in [-0.3, -0.25) is 19.3 Å². The third-order valence-corrected chi connectivity index (χ3v) is 4.26. The van der Waals surface area contributed by atoms with Crippen molar-refractivity contribution < 1.29 is 23.9 Å². The molecule has 1 aliphatic rings. The lowest BCUT2D eigenvalue weighted by molar-refractivity contribution is -0.149. The monoisotopic (exact) mass is 377 g/mol. The van der Waals surface area contributed by atoms with Crippen LogP contribution in [0.25, 0.3) is 0 Å². The van der Waals surface area contributed by atoms with E-state index >= 15 is 0 Å². The van der Waals surface area contributed by atoms with Crippen LogP contribution in [-0.2, 0) is 19.1 Å². The molecule has 8 nitrogen and oxygen atoms in total. The second kappa shape index (κ2) is 10.5. The largest absolute Gasteiger partial charge is 0.497 e. The van der Waals surface area contributed by atoms with E-state index in [0.29, 0.717) is 31.1 Å². The van der Waals surface area contributed by atoms with Gasteiger partial charge in [0.05, 0.1) is 26.7 Å². The number of anilines is 1. The summed E-state index contributed by atoms with van der Waals surface area (Å²) in [4.78, 5) is 38.3. The third kappa shape index (κ3) is 6.56. The zero-order valence-electron chi connectivity index (χ0n) is 15.8. The second-order valence-electron chi connectivity index (χ2n) is 6.34. The summed E-state index contributed by atoms with van der Waals surface area (Å²) in [6, 6.07) is 6.32. The Kier molecular flexibility index (Phi) is 8.06. The van der Waals surface area contributed by atoms with E-state index in [1.807, 2.05) is 6.92 Å². The quantitative estimate of drug-likeness (QED) is 0.495. The first kappa shape index (κ1) is 20.7. The third-order valence-electron chi connectivity index (χ3n) is 4.26. The Morgan fingerprint density at radius 1 is 1.37 bits per heavy atom. The fraction of sp³-hybridized carbons (Fsp3) is 0.526. The Morgan fingerprint density at radius 2 is 2.19 bits per heavy atom. The highest BCUT2D eigenvalue weighted by Crippen LogP contribution is 2.17. The van der Waals surface area contributed by atoms with E-state index < -0.39 is 12.0 Å². The van der Waals surface area contributed by atoms with Crippen molar-refractivity contribution in [2.24, 2.45) is 0 Å². The predicted molar refractivity (Wildman–Crippen MR) is 100 cm³/mol. The maximum atomic E-state index is 12.4. The number of hydrogen-bond acceptors (Lipinski definition) is 6. The number of amides is 2. The van der Waals surface area contributed by atoms with Gasteiger partial charge in [0, 0.05) is 24.8 Å². The van der Waals surface area contributed by atoms with E-state index in [-0.39, 0.29) is 24.8 Å². The normalized spacial score (nSPS) is 17.1. The molecule has 1 aromatic rings. The summed E-state index contributed by atoms with van der Waals surface area (Å²) in [5.41, 5.74) is 0.608. The summed E-state index contributed by atoms with van der Waals surface area (Å²) >= 11 is 0. The molecular formula is C19H27N3O5. The molecule has 0 aliphatic carbocycles. The van der Waals surface area contributed by atoms with Crippen molar-refractivity contribution in [1.29, 1.82) is 0 Å². The van der Waals surface area contributed by atoms with Gasteiger partial charge in [-0.15, -0.1) is 0 Å². The van der Waals surface area contributed by atoms with Gasteiger partial charge >= 0.3 is 5.97 Å². The average molecular weight is 377 g/mol. The van der Waals surface area contributed by atoms with Crippen molar-refractivity contribution in [3.8, 4) is 5.75 Å². The van der Waals surface area contributed by atoms with Gasteiger partial charge in [-0.1, -0.05) is 19.4 Å². The molecule has 1 saturated heterocycles. The van der Waals surface area contributed by atoms with Crippen LogP contribution in [0.2, 0.25) is 0 Å². The minimum Gasteiger partial charge on any atom is -0.497 e. The van der Waals surface area contributed by atoms with Gasteiger partial charge in [-0.2, -0.15) is 0 Å². The molecule has 1 fully saturated rings. The number of ether oxygens (including phenoxy) is 2. The summed E-state index contributed by atoms with van der Waals surface area (Å²) in [5, 5.41) is 5.52. The predicted octanol–water partition coefficient (Wildman–Crippen LogP) is 1.17. The Balaban J connectivity index is 1.93. The molecule has 148 valence electrons. The number of carbonyl (C=O) groups is 3. The molecule has 8 heteroatoms. The van der Waals surface area contributed by atoms with E-state index in [4.69, 9.17) is 9.47 Å². The van der Waals surface area contributed by atoms with E-state index in [1.165, 1.54) is 0 Å². The molecular weight excluding hydrogens is 350 g/mol. The lowest BCUT2D eigenvalue weighted by atomic mass is 10.1. The van der Waals surface area contributed by atoms with Crippen molar-refractivity contribution in [3.63, 3.8) is 0 Å². The van der Waals surface area contributed by atoms with E-state index in [1.54, 1.807) is 36.3 Å². The van der Waals surface area contributed by atoms with Crippen LogP contribution >= 0.6 is 0 Å². The Morgan fingerprint density at radius 3 is 2.93 bits per heavy atom. The SMILES string of the molecule is CCCCOC(=O)CC1C(=O)NCCN1CC(=O)Nc1cccc(OC)c1. The van der Waals surface area contributed by atoms with E-state index in [2.05, 4.69) is 10.6 Å². The maximum Gasteiger partial charge on any atom is 0.307 e. The van der Waals surface area contributed by atoms with Crippen molar-refractivity contribution in [2.75, 3.05) is 38.7 Å². The highest BCUT2D eigenvalue weighted by Gasteiger charge is 2.33. The number of nitrogens with zero attached hydrogens (tertiary/aromatic N) is 1. The lowest BCUT2D eigenvalue weighted by Gasteiger charge is -2.33. The van der Waals surface area contributed by atoms with Crippen molar-refractivity contribution in [1.82, 2.24) is 10.2 Å². The van der Waals surface area contributed by atoms with Gasteiger partial charge in [0.2, 0.25) is 11.8 Å². The number of hydrogen-bond donors (Lipinski definition) is 2. The molecule has 2 rings (SSSR count). The number of nitrogens with one attached hydrogen (secondary N) is 2. The Labute approximate surface area is 159 Å². The minimum absolute atomic E-state index is 0.0114. The van der Waals surface area contributed by atoms with Crippen LogP contribution in [0.1, 0.15) is 26.2 Å². The molecule has 1 aromatic carbocycles. The van der Waals surface area contributed by atoms with Gasteiger partial charge in [0.1, 0.15) is 11.8 Å². The zero-order valence-corrected chi connectivity index (χ0v) is 15.8. The van der Waals surface area contributed by atoms with E-state index in [9.17, 15) is 14.4 Å². The summed E-state index contributed by atoms with van der Waals surface area (Å²) in [6.45, 7) is 3.29. The number of esters is 1. The molecule has 0 bridgehead atoms. The standard InChI is InChI=1S/C19H27N3O5/c1-3-4-10-27-18(24)12-16-19(25)20-8-9-22(16)13-17(23)21-14-6-5-7-15(11-14)26-2/h5-7,11,16H,3-4,8-10,12-13H2,1-2H3,(H,20,25)(H,21,23). The van der Waals surface area contributed by atoms with E-state index in [0.717, 1.165) is 12.8 Å². The van der Waals surface area contributed by atoms with Crippen LogP contribution < -0.4 is 15.4 Å². The van der Waals surface area contributed by atoms with Crippen molar-refractivity contribution in [2.45, 2.75) is 32.2 Å². The first-order valence-corrected chi connectivity index (χ1v) is 9.14. The fourth-order valence-electron chi connectivity index (χ4n) is 2.81. The lowest BCUT2D eigenvalue weighted by Crippen LogP contribution is -2.57. The molecule has 0 radical (unpaired) electrons. The number of methoxy groups -OCH3 is 1. The van der Waals surface area contributed by atoms with Crippen LogP contribution in [0.5, 0.6) is 5.75 Å². The average Bonchev–Trinajstić information content (AvgIpc) is 2.65. The highest BCUT2D eigenvalue weighted by molar-refractivity contribution is 5.93. The molecule has 1 heterocycles. The number of piperazine rings is 1. The molecule has 2 N–H and O–H groups in total. The minimum atomic E-state index is -0.705. The molecule has 0 saturated carbocycles. The number of benzene rings is 1. The second-order valence-corrected chi connectivity index (χ2v) is 6.34. The molecule has 1 unspecified atom stereocenters. The first-order valence-electron chi connectivity index (χ1n) is 9.14. The van der Waals surface area contributed by atoms with Gasteiger partial charge in [-0.25, -0.2) is 0 Å². The molecule has 1 aliphatic heterocycles. The summed E-state index contributed by atoms with van der Waals surface area (Å²) < 4.78 is 10.3.